The minimum Gasteiger partial charge on any atom is -0.507 e. The number of carboxylic acids is 1. The number of amides is 1. The third-order valence-electron chi connectivity index (χ3n) is 4.42. The average molecular weight is 420 g/mol. The molecule has 1 aliphatic heterocycles. The molecule has 0 radical (unpaired) electrons. The molecule has 0 spiro atoms. The fourth-order valence-electron chi connectivity index (χ4n) is 3.11. The summed E-state index contributed by atoms with van der Waals surface area (Å²) in [7, 11) is 0. The van der Waals surface area contributed by atoms with Gasteiger partial charge in [-0.05, 0) is 35.9 Å². The van der Waals surface area contributed by atoms with Crippen LogP contribution in [-0.2, 0) is 14.4 Å². The summed E-state index contributed by atoms with van der Waals surface area (Å²) in [6.45, 7) is -0.201. The third kappa shape index (κ3) is 3.74. The van der Waals surface area contributed by atoms with Crippen LogP contribution in [0.4, 0.5) is 0 Å². The molecule has 1 amide bonds. The zero-order chi connectivity index (χ0) is 20.4. The van der Waals surface area contributed by atoms with Crippen molar-refractivity contribution >= 4 is 46.6 Å². The minimum atomic E-state index is -1.11. The molecule has 3 rings (SSSR count). The number of ketones is 1. The van der Waals surface area contributed by atoms with Gasteiger partial charge >= 0.3 is 5.97 Å². The Morgan fingerprint density at radius 1 is 1.00 bits per heavy atom. The number of carbonyl (C=O) groups excluding carboxylic acids is 2. The molecule has 28 heavy (non-hydrogen) atoms. The maximum absolute atomic E-state index is 12.7. The van der Waals surface area contributed by atoms with Crippen LogP contribution >= 0.6 is 23.2 Å². The van der Waals surface area contributed by atoms with Gasteiger partial charge in [0.15, 0.2) is 0 Å². The average Bonchev–Trinajstić information content (AvgIpc) is 2.91. The molecular formula is C20H15Cl2NO5. The Hall–Kier alpha value is -2.83. The predicted octanol–water partition coefficient (Wildman–Crippen LogP) is 3.89. The summed E-state index contributed by atoms with van der Waals surface area (Å²) in [5.74, 6) is -3.28. The number of aliphatic carboxylic acids is 1. The number of likely N-dealkylation sites (tertiary alicyclic amines) is 1. The van der Waals surface area contributed by atoms with Gasteiger partial charge in [-0.3, -0.25) is 14.4 Å². The number of hydrogen-bond donors (Lipinski definition) is 2. The number of benzene rings is 2. The van der Waals surface area contributed by atoms with Gasteiger partial charge in [0.1, 0.15) is 5.76 Å². The van der Waals surface area contributed by atoms with Crippen molar-refractivity contribution in [2.45, 2.75) is 12.5 Å². The monoisotopic (exact) mass is 419 g/mol. The first kappa shape index (κ1) is 19.9. The highest BCUT2D eigenvalue weighted by Crippen LogP contribution is 2.41. The fraction of sp³-hybridized carbons (Fsp3) is 0.150. The molecule has 0 unspecified atom stereocenters. The topological polar surface area (TPSA) is 94.9 Å². The van der Waals surface area contributed by atoms with Crippen molar-refractivity contribution < 1.29 is 24.6 Å². The Labute approximate surface area is 170 Å². The van der Waals surface area contributed by atoms with Crippen molar-refractivity contribution in [3.63, 3.8) is 0 Å². The predicted molar refractivity (Wildman–Crippen MR) is 104 cm³/mol. The van der Waals surface area contributed by atoms with Gasteiger partial charge in [0.2, 0.25) is 0 Å². The minimum absolute atomic E-state index is 0.147. The second-order valence-electron chi connectivity index (χ2n) is 6.16. The van der Waals surface area contributed by atoms with Crippen LogP contribution in [0.25, 0.3) is 5.76 Å². The molecule has 6 nitrogen and oxygen atoms in total. The molecule has 2 aromatic rings. The first-order valence-corrected chi connectivity index (χ1v) is 9.07. The molecule has 1 aliphatic rings. The first-order valence-electron chi connectivity index (χ1n) is 8.32. The Bertz CT molecular complexity index is 984. The molecule has 0 aliphatic carbocycles. The highest BCUT2D eigenvalue weighted by atomic mass is 35.5. The first-order chi connectivity index (χ1) is 13.3. The Morgan fingerprint density at radius 3 is 2.25 bits per heavy atom. The van der Waals surface area contributed by atoms with Gasteiger partial charge in [0.25, 0.3) is 11.7 Å². The lowest BCUT2D eigenvalue weighted by Gasteiger charge is -2.25. The molecule has 0 bridgehead atoms. The van der Waals surface area contributed by atoms with Crippen molar-refractivity contribution in [3.05, 3.63) is 75.3 Å². The number of hydrogen-bond acceptors (Lipinski definition) is 4. The SMILES string of the molecule is O=C(O)CCN1C(=O)C(=O)/C(=C(/O)c2ccc(Cl)cc2)[C@H]1c1ccccc1Cl. The molecule has 1 heterocycles. The number of nitrogens with zero attached hydrogens (tertiary/aromatic N) is 1. The van der Waals surface area contributed by atoms with E-state index in [1.165, 1.54) is 12.1 Å². The van der Waals surface area contributed by atoms with E-state index in [9.17, 15) is 19.5 Å². The second kappa shape index (κ2) is 8.04. The number of carboxylic acid groups (broad SMARTS) is 1. The molecule has 0 saturated carbocycles. The van der Waals surface area contributed by atoms with Gasteiger partial charge in [-0.15, -0.1) is 0 Å². The van der Waals surface area contributed by atoms with E-state index >= 15 is 0 Å². The van der Waals surface area contributed by atoms with E-state index in [-0.39, 0.29) is 29.3 Å². The Balaban J connectivity index is 2.18. The van der Waals surface area contributed by atoms with Gasteiger partial charge in [0, 0.05) is 22.2 Å². The highest BCUT2D eigenvalue weighted by molar-refractivity contribution is 6.47. The maximum Gasteiger partial charge on any atom is 0.305 e. The fourth-order valence-corrected chi connectivity index (χ4v) is 3.48. The normalized spacial score (nSPS) is 18.5. The van der Waals surface area contributed by atoms with Gasteiger partial charge in [-0.1, -0.05) is 41.4 Å². The van der Waals surface area contributed by atoms with Crippen molar-refractivity contribution in [3.8, 4) is 0 Å². The zero-order valence-corrected chi connectivity index (χ0v) is 15.9. The van der Waals surface area contributed by atoms with Crippen LogP contribution in [0.3, 0.4) is 0 Å². The van der Waals surface area contributed by atoms with Crippen molar-refractivity contribution in [1.82, 2.24) is 4.90 Å². The number of aliphatic hydroxyl groups excluding tert-OH is 1. The number of aliphatic hydroxyl groups is 1. The summed E-state index contributed by atoms with van der Waals surface area (Å²) in [6, 6.07) is 11.7. The summed E-state index contributed by atoms with van der Waals surface area (Å²) in [5.41, 5.74) is 0.577. The van der Waals surface area contributed by atoms with Gasteiger partial charge in [0.05, 0.1) is 18.0 Å². The molecule has 8 heteroatoms. The van der Waals surface area contributed by atoms with Gasteiger partial charge in [-0.25, -0.2) is 0 Å². The quantitative estimate of drug-likeness (QED) is 0.435. The summed E-state index contributed by atoms with van der Waals surface area (Å²) in [6.07, 6.45) is -0.352. The molecular weight excluding hydrogens is 405 g/mol. The lowest BCUT2D eigenvalue weighted by molar-refractivity contribution is -0.142. The van der Waals surface area contributed by atoms with E-state index in [0.717, 1.165) is 4.90 Å². The standard InChI is InChI=1S/C20H15Cl2NO5/c21-12-7-5-11(6-8-12)18(26)16-17(13-3-1-2-4-14(13)22)23(10-9-15(24)25)20(28)19(16)27/h1-8,17,26H,9-10H2,(H,24,25)/b18-16+/t17-/m1/s1. The molecule has 2 N–H and O–H groups in total. The lowest BCUT2D eigenvalue weighted by Crippen LogP contribution is -2.32. The third-order valence-corrected chi connectivity index (χ3v) is 5.02. The van der Waals surface area contributed by atoms with Crippen molar-refractivity contribution in [1.29, 1.82) is 0 Å². The van der Waals surface area contributed by atoms with E-state index in [1.54, 1.807) is 36.4 Å². The number of rotatable bonds is 5. The number of carbonyl (C=O) groups is 3. The van der Waals surface area contributed by atoms with Crippen molar-refractivity contribution in [2.24, 2.45) is 0 Å². The van der Waals surface area contributed by atoms with E-state index in [1.807, 2.05) is 0 Å². The van der Waals surface area contributed by atoms with Crippen molar-refractivity contribution in [2.75, 3.05) is 6.54 Å². The van der Waals surface area contributed by atoms with Crippen LogP contribution in [0.2, 0.25) is 10.0 Å². The van der Waals surface area contributed by atoms with Crippen LogP contribution in [0.5, 0.6) is 0 Å². The van der Waals surface area contributed by atoms with E-state index < -0.39 is 23.7 Å². The largest absolute Gasteiger partial charge is 0.507 e. The Morgan fingerprint density at radius 2 is 1.64 bits per heavy atom. The van der Waals surface area contributed by atoms with Crippen LogP contribution in [0.1, 0.15) is 23.6 Å². The molecule has 0 aromatic heterocycles. The second-order valence-corrected chi connectivity index (χ2v) is 7.01. The lowest BCUT2D eigenvalue weighted by atomic mass is 9.95. The van der Waals surface area contributed by atoms with Crippen LogP contribution in [-0.4, -0.2) is 39.3 Å². The molecule has 1 saturated heterocycles. The summed E-state index contributed by atoms with van der Waals surface area (Å²) in [5, 5.41) is 20.5. The number of Topliss-reactive ketones (excluding diaryl/α,β-unsaturated/α-hetero) is 1. The van der Waals surface area contributed by atoms with Crippen LogP contribution < -0.4 is 0 Å². The molecule has 1 atom stereocenters. The summed E-state index contributed by atoms with van der Waals surface area (Å²) >= 11 is 12.1. The summed E-state index contributed by atoms with van der Waals surface area (Å²) in [4.78, 5) is 37.4. The van der Waals surface area contributed by atoms with Gasteiger partial charge in [-0.2, -0.15) is 0 Å². The highest BCUT2D eigenvalue weighted by Gasteiger charge is 2.46. The maximum atomic E-state index is 12.7. The van der Waals surface area contributed by atoms with E-state index in [0.29, 0.717) is 16.1 Å². The molecule has 2 aromatic carbocycles. The zero-order valence-electron chi connectivity index (χ0n) is 14.4. The smallest absolute Gasteiger partial charge is 0.305 e. The number of halogens is 2. The van der Waals surface area contributed by atoms with Crippen LogP contribution in [0, 0.1) is 0 Å². The van der Waals surface area contributed by atoms with E-state index in [2.05, 4.69) is 0 Å². The summed E-state index contributed by atoms with van der Waals surface area (Å²) < 4.78 is 0. The Kier molecular flexibility index (Phi) is 5.72. The van der Waals surface area contributed by atoms with E-state index in [4.69, 9.17) is 28.3 Å². The van der Waals surface area contributed by atoms with Gasteiger partial charge < -0.3 is 15.1 Å². The van der Waals surface area contributed by atoms with Crippen LogP contribution in [0.15, 0.2) is 54.1 Å². The molecule has 144 valence electrons. The molecule has 1 fully saturated rings.